The second-order valence-corrected chi connectivity index (χ2v) is 9.78. The van der Waals surface area contributed by atoms with Crippen molar-refractivity contribution in [3.63, 3.8) is 0 Å². The summed E-state index contributed by atoms with van der Waals surface area (Å²) >= 11 is 11.9. The Morgan fingerprint density at radius 3 is 2.53 bits per heavy atom. The molecule has 2 N–H and O–H groups in total. The molecular weight excluding hydrogens is 466 g/mol. The molecule has 5 nitrogen and oxygen atoms in total. The van der Waals surface area contributed by atoms with E-state index in [1.54, 1.807) is 24.3 Å². The van der Waals surface area contributed by atoms with Crippen molar-refractivity contribution in [3.8, 4) is 5.75 Å². The number of carbonyl (C=O) groups excluding carboxylic acids is 1. The van der Waals surface area contributed by atoms with E-state index in [2.05, 4.69) is 35.8 Å². The van der Waals surface area contributed by atoms with Crippen molar-refractivity contribution in [3.05, 3.63) is 88.4 Å². The summed E-state index contributed by atoms with van der Waals surface area (Å²) in [6.07, 6.45) is 0.942. The summed E-state index contributed by atoms with van der Waals surface area (Å²) < 4.78 is 6.65. The maximum Gasteiger partial charge on any atom is 0.236 e. The van der Waals surface area contributed by atoms with E-state index in [0.29, 0.717) is 15.8 Å². The number of anilines is 2. The number of hydrogen-bond acceptors (Lipinski definition) is 3. The van der Waals surface area contributed by atoms with Crippen LogP contribution in [0.2, 0.25) is 5.02 Å². The number of rotatable bonds is 4. The molecule has 5 rings (SSSR count). The fourth-order valence-corrected chi connectivity index (χ4v) is 5.47. The number of carbonyl (C=O) groups is 1. The molecule has 174 valence electrons. The Bertz CT molecular complexity index is 1260. The normalized spacial score (nSPS) is 22.9. The van der Waals surface area contributed by atoms with Gasteiger partial charge in [-0.05, 0) is 80.5 Å². The molecule has 2 heterocycles. The number of ether oxygens (including phenoxy) is 1. The molecule has 0 aromatic heterocycles. The first kappa shape index (κ1) is 22.7. The Morgan fingerprint density at radius 2 is 1.85 bits per heavy atom. The van der Waals surface area contributed by atoms with Gasteiger partial charge in [0, 0.05) is 22.0 Å². The molecule has 0 unspecified atom stereocenters. The zero-order valence-electron chi connectivity index (χ0n) is 19.3. The Labute approximate surface area is 210 Å². The number of amides is 1. The third-order valence-electron chi connectivity index (χ3n) is 6.65. The number of halogens is 1. The highest BCUT2D eigenvalue weighted by molar-refractivity contribution is 7.80. The molecular formula is C27H26ClN3O2S. The highest BCUT2D eigenvalue weighted by Gasteiger charge is 2.59. The third-order valence-corrected chi connectivity index (χ3v) is 7.20. The third kappa shape index (κ3) is 3.81. The minimum absolute atomic E-state index is 0.160. The molecule has 2 aliphatic heterocycles. The van der Waals surface area contributed by atoms with Crippen molar-refractivity contribution in [2.24, 2.45) is 5.92 Å². The number of nitrogens with zero attached hydrogens (tertiary/aromatic N) is 1. The topological polar surface area (TPSA) is 53.6 Å². The molecule has 7 heteroatoms. The standard InChI is InChI=1S/C27H26ClN3O2S/c1-4-17-6-12-20(13-7-17)31-26(34)30-24-21-15-16(2)5-14-22(21)33-27(31,3)23(24)25(32)29-19-10-8-18(28)9-11-19/h5-15,23-24H,4H2,1-3H3,(H,29,32)(H,30,34)/t23-,24-,27+/m0/s1. The molecule has 2 aliphatic rings. The van der Waals surface area contributed by atoms with Crippen LogP contribution in [0, 0.1) is 12.8 Å². The summed E-state index contributed by atoms with van der Waals surface area (Å²) in [5.41, 5.74) is 3.75. The van der Waals surface area contributed by atoms with Crippen LogP contribution < -0.4 is 20.3 Å². The van der Waals surface area contributed by atoms with Gasteiger partial charge in [-0.25, -0.2) is 0 Å². The first-order valence-corrected chi connectivity index (χ1v) is 12.1. The molecule has 1 amide bonds. The number of nitrogens with one attached hydrogen (secondary N) is 2. The molecule has 3 aromatic rings. The van der Waals surface area contributed by atoms with Gasteiger partial charge in [0.2, 0.25) is 5.91 Å². The lowest BCUT2D eigenvalue weighted by molar-refractivity contribution is -0.130. The first-order chi connectivity index (χ1) is 16.3. The lowest BCUT2D eigenvalue weighted by Crippen LogP contribution is -2.72. The Kier molecular flexibility index (Phi) is 5.74. The van der Waals surface area contributed by atoms with E-state index in [-0.39, 0.29) is 11.9 Å². The van der Waals surface area contributed by atoms with Gasteiger partial charge in [0.25, 0.3) is 0 Å². The van der Waals surface area contributed by atoms with Crippen molar-refractivity contribution in [2.75, 3.05) is 10.2 Å². The number of thiocarbonyl (C=S) groups is 1. The second-order valence-electron chi connectivity index (χ2n) is 8.95. The van der Waals surface area contributed by atoms with Crippen LogP contribution in [0.1, 0.15) is 36.6 Å². The van der Waals surface area contributed by atoms with E-state index in [9.17, 15) is 4.79 Å². The highest BCUT2D eigenvalue weighted by Crippen LogP contribution is 2.50. The fraction of sp³-hybridized carbons (Fsp3) is 0.259. The van der Waals surface area contributed by atoms with Gasteiger partial charge < -0.3 is 15.4 Å². The lowest BCUT2D eigenvalue weighted by Gasteiger charge is -2.56. The smallest absolute Gasteiger partial charge is 0.236 e. The van der Waals surface area contributed by atoms with E-state index in [4.69, 9.17) is 28.6 Å². The zero-order chi connectivity index (χ0) is 24.0. The second kappa shape index (κ2) is 8.60. The van der Waals surface area contributed by atoms with Crippen LogP contribution in [0.15, 0.2) is 66.7 Å². The summed E-state index contributed by atoms with van der Waals surface area (Å²) in [5.74, 6) is 0.000933. The van der Waals surface area contributed by atoms with Crippen molar-refractivity contribution >= 4 is 46.2 Å². The average molecular weight is 492 g/mol. The first-order valence-electron chi connectivity index (χ1n) is 11.4. The van der Waals surface area contributed by atoms with E-state index in [1.807, 2.05) is 43.0 Å². The summed E-state index contributed by atoms with van der Waals surface area (Å²) in [4.78, 5) is 15.7. The molecule has 0 radical (unpaired) electrons. The predicted octanol–water partition coefficient (Wildman–Crippen LogP) is 6.01. The van der Waals surface area contributed by atoms with Crippen LogP contribution in [0.3, 0.4) is 0 Å². The van der Waals surface area contributed by atoms with Gasteiger partial charge in [0.05, 0.1) is 6.04 Å². The van der Waals surface area contributed by atoms with Gasteiger partial charge in [-0.2, -0.15) is 0 Å². The van der Waals surface area contributed by atoms with Crippen molar-refractivity contribution < 1.29 is 9.53 Å². The molecule has 0 aliphatic carbocycles. The maximum absolute atomic E-state index is 13.8. The molecule has 3 aromatic carbocycles. The minimum atomic E-state index is -1.04. The van der Waals surface area contributed by atoms with Crippen molar-refractivity contribution in [2.45, 2.75) is 39.0 Å². The SMILES string of the molecule is CCc1ccc(N2C(=S)N[C@H]3c4cc(C)ccc4O[C@]2(C)[C@@H]3C(=O)Nc2ccc(Cl)cc2)cc1. The molecule has 34 heavy (non-hydrogen) atoms. The number of hydrogen-bond donors (Lipinski definition) is 2. The molecule has 0 spiro atoms. The monoisotopic (exact) mass is 491 g/mol. The average Bonchev–Trinajstić information content (AvgIpc) is 2.81. The fourth-order valence-electron chi connectivity index (χ4n) is 4.93. The molecule has 1 saturated heterocycles. The molecule has 3 atom stereocenters. The lowest BCUT2D eigenvalue weighted by atomic mass is 9.78. The maximum atomic E-state index is 13.8. The Hall–Kier alpha value is -3.09. The molecule has 2 bridgehead atoms. The van der Waals surface area contributed by atoms with Crippen LogP contribution in [-0.2, 0) is 11.2 Å². The number of fused-ring (bicyclic) bond motifs is 4. The van der Waals surface area contributed by atoms with Crippen LogP contribution in [0.5, 0.6) is 5.75 Å². The van der Waals surface area contributed by atoms with E-state index in [1.165, 1.54) is 5.56 Å². The predicted molar refractivity (Wildman–Crippen MR) is 141 cm³/mol. The van der Waals surface area contributed by atoms with Crippen molar-refractivity contribution in [1.29, 1.82) is 0 Å². The van der Waals surface area contributed by atoms with Crippen molar-refractivity contribution in [1.82, 2.24) is 5.32 Å². The van der Waals surface area contributed by atoms with Crippen LogP contribution in [0.25, 0.3) is 0 Å². The van der Waals surface area contributed by atoms with Gasteiger partial charge >= 0.3 is 0 Å². The summed E-state index contributed by atoms with van der Waals surface area (Å²) in [7, 11) is 0. The minimum Gasteiger partial charge on any atom is -0.467 e. The molecule has 1 fully saturated rings. The summed E-state index contributed by atoms with van der Waals surface area (Å²) in [5, 5.41) is 7.65. The number of aryl methyl sites for hydroxylation is 2. The quantitative estimate of drug-likeness (QED) is 0.438. The zero-order valence-corrected chi connectivity index (χ0v) is 20.8. The van der Waals surface area contributed by atoms with Gasteiger partial charge in [0.1, 0.15) is 11.7 Å². The molecule has 0 saturated carbocycles. The van der Waals surface area contributed by atoms with Gasteiger partial charge in [-0.15, -0.1) is 0 Å². The largest absolute Gasteiger partial charge is 0.467 e. The summed E-state index contributed by atoms with van der Waals surface area (Å²) in [6.45, 7) is 6.09. The Balaban J connectivity index is 1.60. The van der Waals surface area contributed by atoms with Crippen LogP contribution in [0.4, 0.5) is 11.4 Å². The van der Waals surface area contributed by atoms with E-state index >= 15 is 0 Å². The van der Waals surface area contributed by atoms with E-state index in [0.717, 1.165) is 29.0 Å². The van der Waals surface area contributed by atoms with Crippen LogP contribution in [-0.4, -0.2) is 16.7 Å². The van der Waals surface area contributed by atoms with Gasteiger partial charge in [-0.1, -0.05) is 48.4 Å². The Morgan fingerprint density at radius 1 is 1.15 bits per heavy atom. The summed E-state index contributed by atoms with van der Waals surface area (Å²) in [6, 6.07) is 21.0. The van der Waals surface area contributed by atoms with E-state index < -0.39 is 11.6 Å². The van der Waals surface area contributed by atoms with Gasteiger partial charge in [-0.3, -0.25) is 9.69 Å². The van der Waals surface area contributed by atoms with Gasteiger partial charge in [0.15, 0.2) is 10.8 Å². The number of benzene rings is 3. The van der Waals surface area contributed by atoms with Crippen LogP contribution >= 0.6 is 23.8 Å². The highest BCUT2D eigenvalue weighted by atomic mass is 35.5.